The van der Waals surface area contributed by atoms with E-state index in [0.717, 1.165) is 5.56 Å². The van der Waals surface area contributed by atoms with Crippen molar-refractivity contribution in [1.82, 2.24) is 14.9 Å². The second kappa shape index (κ2) is 6.69. The minimum Gasteiger partial charge on any atom is -0.374 e. The smallest absolute Gasteiger partial charge is 0.257 e. The summed E-state index contributed by atoms with van der Waals surface area (Å²) in [6, 6.07) is 9.74. The fraction of sp³-hybridized carbons (Fsp3) is 0.421. The van der Waals surface area contributed by atoms with Crippen molar-refractivity contribution >= 4 is 5.91 Å². The van der Waals surface area contributed by atoms with E-state index in [0.29, 0.717) is 31.0 Å². The van der Waals surface area contributed by atoms with Gasteiger partial charge in [-0.2, -0.15) is 0 Å². The van der Waals surface area contributed by atoms with Crippen molar-refractivity contribution in [2.45, 2.75) is 26.9 Å². The lowest BCUT2D eigenvalue weighted by molar-refractivity contribution is -0.0706. The van der Waals surface area contributed by atoms with Gasteiger partial charge in [0.25, 0.3) is 5.91 Å². The first-order valence-electron chi connectivity index (χ1n) is 8.23. The number of benzene rings is 1. The lowest BCUT2D eigenvalue weighted by atomic mass is 9.88. The van der Waals surface area contributed by atoms with Crippen molar-refractivity contribution in [2.24, 2.45) is 5.41 Å². The van der Waals surface area contributed by atoms with Crippen molar-refractivity contribution in [3.63, 3.8) is 0 Å². The van der Waals surface area contributed by atoms with Gasteiger partial charge in [-0.05, 0) is 5.41 Å². The van der Waals surface area contributed by atoms with E-state index < -0.39 is 0 Å². The van der Waals surface area contributed by atoms with Gasteiger partial charge in [-0.25, -0.2) is 9.97 Å². The van der Waals surface area contributed by atoms with E-state index in [1.165, 1.54) is 6.33 Å². The Balaban J connectivity index is 1.88. The quantitative estimate of drug-likeness (QED) is 0.851. The highest BCUT2D eigenvalue weighted by molar-refractivity contribution is 5.99. The zero-order valence-electron chi connectivity index (χ0n) is 14.4. The fourth-order valence-corrected chi connectivity index (χ4v) is 2.84. The molecule has 1 aromatic heterocycles. The van der Waals surface area contributed by atoms with E-state index in [9.17, 15) is 4.79 Å². The van der Waals surface area contributed by atoms with E-state index in [1.807, 2.05) is 35.2 Å². The molecule has 1 atom stereocenters. The van der Waals surface area contributed by atoms with E-state index in [4.69, 9.17) is 4.74 Å². The van der Waals surface area contributed by atoms with Crippen molar-refractivity contribution in [3.05, 3.63) is 48.4 Å². The van der Waals surface area contributed by atoms with Crippen LogP contribution in [-0.4, -0.2) is 46.6 Å². The Bertz CT molecular complexity index is 710. The van der Waals surface area contributed by atoms with Gasteiger partial charge in [0.15, 0.2) is 0 Å². The maximum atomic E-state index is 13.1. The summed E-state index contributed by atoms with van der Waals surface area (Å²) in [7, 11) is 0. The molecule has 0 bridgehead atoms. The van der Waals surface area contributed by atoms with Gasteiger partial charge in [-0.15, -0.1) is 0 Å². The molecule has 1 unspecified atom stereocenters. The third-order valence-electron chi connectivity index (χ3n) is 4.31. The summed E-state index contributed by atoms with van der Waals surface area (Å²) in [6.45, 7) is 8.13. The lowest BCUT2D eigenvalue weighted by Crippen LogP contribution is -2.50. The van der Waals surface area contributed by atoms with Crippen molar-refractivity contribution < 1.29 is 9.53 Å². The first-order chi connectivity index (χ1) is 11.5. The lowest BCUT2D eigenvalue weighted by Gasteiger charge is -2.39. The average molecular weight is 325 g/mol. The number of morpholine rings is 1. The molecule has 1 saturated heterocycles. The molecule has 2 aromatic rings. The molecule has 1 aromatic carbocycles. The summed E-state index contributed by atoms with van der Waals surface area (Å²) >= 11 is 0. The maximum absolute atomic E-state index is 13.1. The molecular formula is C19H23N3O2. The molecule has 0 radical (unpaired) electrons. The standard InChI is InChI=1S/C19H23N3O2/c1-19(2,3)16-12-22(9-10-24-16)18(23)15-11-20-13-21-17(15)14-7-5-4-6-8-14/h4-8,11,13,16H,9-10,12H2,1-3H3. The summed E-state index contributed by atoms with van der Waals surface area (Å²) in [6.07, 6.45) is 3.12. The van der Waals surface area contributed by atoms with Crippen LogP contribution in [0.3, 0.4) is 0 Å². The van der Waals surface area contributed by atoms with Crippen LogP contribution in [0.15, 0.2) is 42.9 Å². The Morgan fingerprint density at radius 2 is 2.00 bits per heavy atom. The number of rotatable bonds is 2. The Morgan fingerprint density at radius 1 is 1.25 bits per heavy atom. The Hall–Kier alpha value is -2.27. The van der Waals surface area contributed by atoms with Crippen LogP contribution in [0.1, 0.15) is 31.1 Å². The molecular weight excluding hydrogens is 302 g/mol. The third-order valence-corrected chi connectivity index (χ3v) is 4.31. The molecule has 0 spiro atoms. The minimum atomic E-state index is -0.0352. The second-order valence-electron chi connectivity index (χ2n) is 7.13. The topological polar surface area (TPSA) is 55.3 Å². The summed E-state index contributed by atoms with van der Waals surface area (Å²) in [4.78, 5) is 23.3. The molecule has 5 nitrogen and oxygen atoms in total. The highest BCUT2D eigenvalue weighted by Crippen LogP contribution is 2.27. The maximum Gasteiger partial charge on any atom is 0.257 e. The average Bonchev–Trinajstić information content (AvgIpc) is 2.61. The van der Waals surface area contributed by atoms with Crippen molar-refractivity contribution in [2.75, 3.05) is 19.7 Å². The van der Waals surface area contributed by atoms with Crippen LogP contribution in [0.5, 0.6) is 0 Å². The number of ether oxygens (including phenoxy) is 1. The Kier molecular flexibility index (Phi) is 4.62. The summed E-state index contributed by atoms with van der Waals surface area (Å²) < 4.78 is 5.85. The van der Waals surface area contributed by atoms with Gasteiger partial charge in [0.2, 0.25) is 0 Å². The molecule has 126 valence electrons. The van der Waals surface area contributed by atoms with Crippen molar-refractivity contribution in [1.29, 1.82) is 0 Å². The Labute approximate surface area is 142 Å². The zero-order valence-corrected chi connectivity index (χ0v) is 14.4. The van der Waals surface area contributed by atoms with Gasteiger partial charge in [-0.3, -0.25) is 4.79 Å². The predicted molar refractivity (Wildman–Crippen MR) is 92.6 cm³/mol. The molecule has 24 heavy (non-hydrogen) atoms. The normalized spacial score (nSPS) is 18.5. The van der Waals surface area contributed by atoms with Gasteiger partial charge in [-0.1, -0.05) is 51.1 Å². The van der Waals surface area contributed by atoms with E-state index in [1.54, 1.807) is 6.20 Å². The van der Waals surface area contributed by atoms with Crippen LogP contribution in [-0.2, 0) is 4.74 Å². The first kappa shape index (κ1) is 16.6. The van der Waals surface area contributed by atoms with Crippen LogP contribution in [0.25, 0.3) is 11.3 Å². The zero-order chi connectivity index (χ0) is 17.2. The van der Waals surface area contributed by atoms with Crippen LogP contribution in [0.4, 0.5) is 0 Å². The summed E-state index contributed by atoms with van der Waals surface area (Å²) in [5, 5.41) is 0. The molecule has 2 heterocycles. The molecule has 1 fully saturated rings. The molecule has 1 amide bonds. The fourth-order valence-electron chi connectivity index (χ4n) is 2.84. The van der Waals surface area contributed by atoms with Gasteiger partial charge >= 0.3 is 0 Å². The largest absolute Gasteiger partial charge is 0.374 e. The molecule has 0 aliphatic carbocycles. The van der Waals surface area contributed by atoms with E-state index in [2.05, 4.69) is 30.7 Å². The number of amides is 1. The first-order valence-corrected chi connectivity index (χ1v) is 8.23. The van der Waals surface area contributed by atoms with E-state index >= 15 is 0 Å². The van der Waals surface area contributed by atoms with Crippen LogP contribution in [0, 0.1) is 5.41 Å². The molecule has 0 saturated carbocycles. The number of aromatic nitrogens is 2. The number of carbonyl (C=O) groups excluding carboxylic acids is 1. The van der Waals surface area contributed by atoms with E-state index in [-0.39, 0.29) is 17.4 Å². The number of hydrogen-bond donors (Lipinski definition) is 0. The summed E-state index contributed by atoms with van der Waals surface area (Å²) in [5.74, 6) is -0.0352. The summed E-state index contributed by atoms with van der Waals surface area (Å²) in [5.41, 5.74) is 2.13. The van der Waals surface area contributed by atoms with Crippen LogP contribution >= 0.6 is 0 Å². The molecule has 3 rings (SSSR count). The molecule has 1 aliphatic heterocycles. The molecule has 1 aliphatic rings. The van der Waals surface area contributed by atoms with Crippen LogP contribution < -0.4 is 0 Å². The highest BCUT2D eigenvalue weighted by Gasteiger charge is 2.33. The van der Waals surface area contributed by atoms with Gasteiger partial charge in [0.05, 0.1) is 24.0 Å². The number of nitrogens with zero attached hydrogens (tertiary/aromatic N) is 3. The van der Waals surface area contributed by atoms with Gasteiger partial charge < -0.3 is 9.64 Å². The predicted octanol–water partition coefficient (Wildman–Crippen LogP) is 3.03. The van der Waals surface area contributed by atoms with Gasteiger partial charge in [0.1, 0.15) is 6.33 Å². The SMILES string of the molecule is CC(C)(C)C1CN(C(=O)c2cncnc2-c2ccccc2)CCO1. The molecule has 5 heteroatoms. The monoisotopic (exact) mass is 325 g/mol. The van der Waals surface area contributed by atoms with Gasteiger partial charge in [0, 0.05) is 24.8 Å². The molecule has 0 N–H and O–H groups in total. The highest BCUT2D eigenvalue weighted by atomic mass is 16.5. The minimum absolute atomic E-state index is 0.00556. The second-order valence-corrected chi connectivity index (χ2v) is 7.13. The third kappa shape index (κ3) is 3.46. The van der Waals surface area contributed by atoms with Crippen LogP contribution in [0.2, 0.25) is 0 Å². The number of carbonyl (C=O) groups is 1. The number of hydrogen-bond acceptors (Lipinski definition) is 4. The Morgan fingerprint density at radius 3 is 2.71 bits per heavy atom. The van der Waals surface area contributed by atoms with Crippen molar-refractivity contribution in [3.8, 4) is 11.3 Å².